The third-order valence-electron chi connectivity index (χ3n) is 4.55. The van der Waals surface area contributed by atoms with Crippen molar-refractivity contribution < 1.29 is 8.82 Å². The zero-order valence-electron chi connectivity index (χ0n) is 13.4. The smallest absolute Gasteiger partial charge is 0.192 e. The molecule has 0 bridgehead atoms. The average Bonchev–Trinajstić information content (AvgIpc) is 2.37. The van der Waals surface area contributed by atoms with Gasteiger partial charge >= 0.3 is 0 Å². The van der Waals surface area contributed by atoms with E-state index in [0.29, 0.717) is 5.56 Å². The van der Waals surface area contributed by atoms with Crippen molar-refractivity contribution in [1.82, 2.24) is 0 Å². The Kier molecular flexibility index (Phi) is 4.14. The zero-order valence-corrected chi connectivity index (χ0v) is 14.4. The quantitative estimate of drug-likeness (QED) is 0.814. The minimum Gasteiger partial charge on any atom is -0.410 e. The van der Waals surface area contributed by atoms with Gasteiger partial charge < -0.3 is 9.74 Å². The van der Waals surface area contributed by atoms with Crippen molar-refractivity contribution in [3.63, 3.8) is 0 Å². The van der Waals surface area contributed by atoms with Crippen LogP contribution in [-0.4, -0.2) is 14.9 Å². The number of anilines is 1. The summed E-state index contributed by atoms with van der Waals surface area (Å²) in [5, 5.41) is 12.5. The van der Waals surface area contributed by atoms with E-state index in [9.17, 15) is 9.65 Å². The van der Waals surface area contributed by atoms with Gasteiger partial charge in [0.2, 0.25) is 0 Å². The summed E-state index contributed by atoms with van der Waals surface area (Å²) >= 11 is 0. The highest BCUT2D eigenvalue weighted by Crippen LogP contribution is 2.43. The number of hydrogen-bond donors (Lipinski definition) is 1. The summed E-state index contributed by atoms with van der Waals surface area (Å²) in [6, 6.07) is 4.84. The molecule has 1 aromatic rings. The molecule has 1 heterocycles. The number of hydrogen-bond acceptors (Lipinski definition) is 3. The Morgan fingerprint density at radius 1 is 1.38 bits per heavy atom. The van der Waals surface area contributed by atoms with Crippen LogP contribution >= 0.6 is 0 Å². The second-order valence-corrected chi connectivity index (χ2v) is 11.9. The van der Waals surface area contributed by atoms with E-state index in [4.69, 9.17) is 4.43 Å². The molecule has 1 aromatic carbocycles. The van der Waals surface area contributed by atoms with Crippen LogP contribution in [0, 0.1) is 17.1 Å². The highest BCUT2D eigenvalue weighted by molar-refractivity contribution is 6.74. The fraction of sp³-hybridized carbons (Fsp3) is 0.562. The van der Waals surface area contributed by atoms with E-state index in [1.54, 1.807) is 0 Å². The molecule has 2 rings (SSSR count). The normalized spacial score (nSPS) is 18.6. The third kappa shape index (κ3) is 3.12. The molecular formula is C16H23FN2OSi. The number of nitrogens with zero attached hydrogens (tertiary/aromatic N) is 1. The summed E-state index contributed by atoms with van der Waals surface area (Å²) in [6.07, 6.45) is 0.665. The van der Waals surface area contributed by atoms with Crippen LogP contribution < -0.4 is 5.32 Å². The number of benzene rings is 1. The first kappa shape index (κ1) is 16.0. The highest BCUT2D eigenvalue weighted by Gasteiger charge is 2.40. The van der Waals surface area contributed by atoms with Crippen LogP contribution in [0.2, 0.25) is 18.1 Å². The molecule has 1 atom stereocenters. The van der Waals surface area contributed by atoms with Gasteiger partial charge in [-0.05, 0) is 36.7 Å². The topological polar surface area (TPSA) is 45.0 Å². The van der Waals surface area contributed by atoms with Gasteiger partial charge in [0.05, 0.1) is 17.4 Å². The lowest BCUT2D eigenvalue weighted by atomic mass is 9.97. The summed E-state index contributed by atoms with van der Waals surface area (Å²) in [4.78, 5) is 0. The van der Waals surface area contributed by atoms with Crippen molar-refractivity contribution in [1.29, 1.82) is 5.26 Å². The van der Waals surface area contributed by atoms with E-state index in [2.05, 4.69) is 45.3 Å². The predicted octanol–water partition coefficient (Wildman–Crippen LogP) is 4.58. The second-order valence-electron chi connectivity index (χ2n) is 7.11. The van der Waals surface area contributed by atoms with Crippen molar-refractivity contribution in [3.8, 4) is 6.07 Å². The number of nitriles is 1. The molecule has 1 N–H and O–H groups in total. The lowest BCUT2D eigenvalue weighted by Gasteiger charge is -2.41. The van der Waals surface area contributed by atoms with E-state index < -0.39 is 8.32 Å². The first-order valence-corrected chi connectivity index (χ1v) is 10.2. The van der Waals surface area contributed by atoms with Crippen molar-refractivity contribution in [2.75, 3.05) is 11.9 Å². The SMILES string of the molecule is CC(C)(C)[Si](C)(C)OC1CCNc2c(C#N)cc(F)cc21. The predicted molar refractivity (Wildman–Crippen MR) is 85.2 cm³/mol. The molecule has 1 aliphatic heterocycles. The van der Waals surface area contributed by atoms with Gasteiger partial charge in [-0.15, -0.1) is 0 Å². The molecule has 21 heavy (non-hydrogen) atoms. The van der Waals surface area contributed by atoms with E-state index in [1.165, 1.54) is 12.1 Å². The summed E-state index contributed by atoms with van der Waals surface area (Å²) < 4.78 is 20.2. The van der Waals surface area contributed by atoms with Gasteiger partial charge in [-0.1, -0.05) is 20.8 Å². The van der Waals surface area contributed by atoms with Crippen molar-refractivity contribution in [3.05, 3.63) is 29.1 Å². The van der Waals surface area contributed by atoms with E-state index >= 15 is 0 Å². The van der Waals surface area contributed by atoms with Crippen LogP contribution in [0.4, 0.5) is 10.1 Å². The lowest BCUT2D eigenvalue weighted by molar-refractivity contribution is 0.174. The molecule has 0 amide bonds. The Morgan fingerprint density at radius 3 is 2.62 bits per heavy atom. The molecule has 0 saturated carbocycles. The minimum atomic E-state index is -1.94. The van der Waals surface area contributed by atoms with Gasteiger partial charge in [-0.2, -0.15) is 5.26 Å². The lowest BCUT2D eigenvalue weighted by Crippen LogP contribution is -2.42. The average molecular weight is 306 g/mol. The molecule has 5 heteroatoms. The summed E-state index contributed by atoms with van der Waals surface area (Å²) in [6.45, 7) is 11.7. The standard InChI is InChI=1S/C16H23FN2OSi/c1-16(2,3)21(4,5)20-14-6-7-19-15-11(10-18)8-12(17)9-13(14)15/h8-9,14,19H,6-7H2,1-5H3. The Balaban J connectivity index is 2.40. The highest BCUT2D eigenvalue weighted by atomic mass is 28.4. The third-order valence-corrected chi connectivity index (χ3v) is 9.04. The Bertz CT molecular complexity index is 587. The first-order valence-electron chi connectivity index (χ1n) is 7.31. The molecule has 0 radical (unpaired) electrons. The number of rotatable bonds is 2. The van der Waals surface area contributed by atoms with Gasteiger partial charge in [0, 0.05) is 12.1 Å². The van der Waals surface area contributed by atoms with Crippen LogP contribution in [0.1, 0.15) is 44.4 Å². The fourth-order valence-corrected chi connectivity index (χ4v) is 3.62. The zero-order chi connectivity index (χ0) is 15.8. The number of halogens is 1. The van der Waals surface area contributed by atoms with Gasteiger partial charge in [0.25, 0.3) is 0 Å². The maximum atomic E-state index is 13.8. The van der Waals surface area contributed by atoms with Crippen LogP contribution in [-0.2, 0) is 4.43 Å². The molecule has 1 unspecified atom stereocenters. The van der Waals surface area contributed by atoms with Crippen LogP contribution in [0.3, 0.4) is 0 Å². The van der Waals surface area contributed by atoms with E-state index in [-0.39, 0.29) is 17.0 Å². The molecule has 0 aromatic heterocycles. The first-order chi connectivity index (χ1) is 9.65. The van der Waals surface area contributed by atoms with Crippen LogP contribution in [0.5, 0.6) is 0 Å². The van der Waals surface area contributed by atoms with Crippen LogP contribution in [0.15, 0.2) is 12.1 Å². The molecule has 3 nitrogen and oxygen atoms in total. The Morgan fingerprint density at radius 2 is 2.05 bits per heavy atom. The minimum absolute atomic E-state index is 0.101. The fourth-order valence-electron chi connectivity index (χ4n) is 2.31. The van der Waals surface area contributed by atoms with Crippen molar-refractivity contribution in [2.45, 2.75) is 51.4 Å². The van der Waals surface area contributed by atoms with Crippen molar-refractivity contribution >= 4 is 14.0 Å². The van der Waals surface area contributed by atoms with Gasteiger partial charge in [-0.25, -0.2) is 4.39 Å². The largest absolute Gasteiger partial charge is 0.410 e. The molecule has 0 fully saturated rings. The number of fused-ring (bicyclic) bond motifs is 1. The Hall–Kier alpha value is -1.38. The second kappa shape index (κ2) is 5.43. The summed E-state index contributed by atoms with van der Waals surface area (Å²) in [5.41, 5.74) is 1.87. The molecule has 0 aliphatic carbocycles. The van der Waals surface area contributed by atoms with Crippen molar-refractivity contribution in [2.24, 2.45) is 0 Å². The van der Waals surface area contributed by atoms with Gasteiger partial charge in [0.15, 0.2) is 8.32 Å². The molecule has 114 valence electrons. The maximum absolute atomic E-state index is 13.8. The number of nitrogens with one attached hydrogen (secondary N) is 1. The van der Waals surface area contributed by atoms with Gasteiger partial charge in [-0.3, -0.25) is 0 Å². The maximum Gasteiger partial charge on any atom is 0.192 e. The molecule has 0 spiro atoms. The molecular weight excluding hydrogens is 283 g/mol. The van der Waals surface area contributed by atoms with E-state index in [0.717, 1.165) is 24.2 Å². The summed E-state index contributed by atoms with van der Waals surface area (Å²) in [5.74, 6) is -0.377. The van der Waals surface area contributed by atoms with E-state index in [1.807, 2.05) is 0 Å². The monoisotopic (exact) mass is 306 g/mol. The Labute approximate surface area is 127 Å². The van der Waals surface area contributed by atoms with Gasteiger partial charge in [0.1, 0.15) is 11.9 Å². The molecule has 1 aliphatic rings. The van der Waals surface area contributed by atoms with Crippen LogP contribution in [0.25, 0.3) is 0 Å². The summed E-state index contributed by atoms with van der Waals surface area (Å²) in [7, 11) is -1.94. The molecule has 0 saturated heterocycles.